The number of halogens is 2. The Bertz CT molecular complexity index is 356. The van der Waals surface area contributed by atoms with Crippen molar-refractivity contribution in [2.75, 3.05) is 0 Å². The molecular weight excluding hydrogens is 218 g/mol. The van der Waals surface area contributed by atoms with Crippen molar-refractivity contribution in [3.05, 3.63) is 34.9 Å². The maximum Gasteiger partial charge on any atom is 0.129 e. The van der Waals surface area contributed by atoms with Crippen LogP contribution in [0.3, 0.4) is 0 Å². The Labute approximate surface area is 103 Å². The van der Waals surface area contributed by atoms with Crippen LogP contribution < -0.4 is 0 Å². The van der Waals surface area contributed by atoms with Crippen molar-refractivity contribution in [1.29, 1.82) is 0 Å². The summed E-state index contributed by atoms with van der Waals surface area (Å²) in [4.78, 5) is 0. The molecule has 0 aliphatic heterocycles. The summed E-state index contributed by atoms with van der Waals surface area (Å²) in [6, 6.07) is 3.03. The van der Waals surface area contributed by atoms with E-state index in [-0.39, 0.29) is 11.0 Å². The highest BCUT2D eigenvalue weighted by Gasteiger charge is 2.24. The van der Waals surface area contributed by atoms with Crippen molar-refractivity contribution in [2.45, 2.75) is 58.8 Å². The standard InChI is InChI=1S/C15H22F2/c1-5-8-12-13(16)9-11(10-14(12)17)15(4,6-2)7-3/h9-10H,5-8H2,1-4H3. The maximum atomic E-state index is 13.9. The molecule has 0 aliphatic carbocycles. The average molecular weight is 240 g/mol. The van der Waals surface area contributed by atoms with E-state index in [9.17, 15) is 8.78 Å². The van der Waals surface area contributed by atoms with Crippen LogP contribution in [-0.4, -0.2) is 0 Å². The lowest BCUT2D eigenvalue weighted by atomic mass is 9.77. The molecule has 0 spiro atoms. The minimum absolute atomic E-state index is 0.133. The van der Waals surface area contributed by atoms with Gasteiger partial charge in [0, 0.05) is 5.56 Å². The molecule has 0 nitrogen and oxygen atoms in total. The van der Waals surface area contributed by atoms with E-state index in [0.717, 1.165) is 24.8 Å². The zero-order valence-corrected chi connectivity index (χ0v) is 11.2. The zero-order valence-electron chi connectivity index (χ0n) is 11.2. The lowest BCUT2D eigenvalue weighted by Crippen LogP contribution is -2.20. The summed E-state index contributed by atoms with van der Waals surface area (Å²) in [5, 5.41) is 0. The maximum absolute atomic E-state index is 13.9. The Morgan fingerprint density at radius 3 is 1.82 bits per heavy atom. The van der Waals surface area contributed by atoms with Gasteiger partial charge >= 0.3 is 0 Å². The molecule has 0 unspecified atom stereocenters. The minimum atomic E-state index is -0.394. The van der Waals surface area contributed by atoms with E-state index in [1.807, 2.05) is 6.92 Å². The van der Waals surface area contributed by atoms with Crippen molar-refractivity contribution in [1.82, 2.24) is 0 Å². The first kappa shape index (κ1) is 14.1. The first-order valence-corrected chi connectivity index (χ1v) is 6.46. The first-order valence-electron chi connectivity index (χ1n) is 6.46. The molecular formula is C15H22F2. The van der Waals surface area contributed by atoms with E-state index in [1.54, 1.807) is 0 Å². The Morgan fingerprint density at radius 2 is 1.47 bits per heavy atom. The summed E-state index contributed by atoms with van der Waals surface area (Å²) in [5.74, 6) is -0.787. The van der Waals surface area contributed by atoms with Crippen LogP contribution >= 0.6 is 0 Å². The molecule has 2 heteroatoms. The van der Waals surface area contributed by atoms with Crippen LogP contribution in [0.25, 0.3) is 0 Å². The average Bonchev–Trinajstić information content (AvgIpc) is 2.32. The molecule has 0 atom stereocenters. The molecule has 96 valence electrons. The third-order valence-corrected chi connectivity index (χ3v) is 3.90. The SMILES string of the molecule is CCCc1c(F)cc(C(C)(CC)CC)cc1F. The van der Waals surface area contributed by atoms with E-state index in [4.69, 9.17) is 0 Å². The lowest BCUT2D eigenvalue weighted by molar-refractivity contribution is 0.430. The van der Waals surface area contributed by atoms with Crippen LogP contribution in [0.5, 0.6) is 0 Å². The third-order valence-electron chi connectivity index (χ3n) is 3.90. The molecule has 0 saturated carbocycles. The van der Waals surface area contributed by atoms with Crippen LogP contribution in [0.1, 0.15) is 58.1 Å². The molecule has 1 aromatic rings. The van der Waals surface area contributed by atoms with Crippen molar-refractivity contribution >= 4 is 0 Å². The molecule has 0 N–H and O–H groups in total. The van der Waals surface area contributed by atoms with Crippen LogP contribution in [0.2, 0.25) is 0 Å². The number of rotatable bonds is 5. The monoisotopic (exact) mass is 240 g/mol. The van der Waals surface area contributed by atoms with Crippen LogP contribution in [-0.2, 0) is 11.8 Å². The minimum Gasteiger partial charge on any atom is -0.207 e. The summed E-state index contributed by atoms with van der Waals surface area (Å²) in [6.07, 6.45) is 2.99. The van der Waals surface area contributed by atoms with E-state index in [0.29, 0.717) is 6.42 Å². The Kier molecular flexibility index (Phi) is 4.67. The third kappa shape index (κ3) is 2.85. The molecule has 1 rings (SSSR count). The van der Waals surface area contributed by atoms with Gasteiger partial charge in [-0.3, -0.25) is 0 Å². The molecule has 0 heterocycles. The fraction of sp³-hybridized carbons (Fsp3) is 0.600. The van der Waals surface area contributed by atoms with E-state index in [1.165, 1.54) is 12.1 Å². The quantitative estimate of drug-likeness (QED) is 0.679. The molecule has 1 aromatic carbocycles. The molecule has 17 heavy (non-hydrogen) atoms. The van der Waals surface area contributed by atoms with Crippen molar-refractivity contribution in [2.24, 2.45) is 0 Å². The van der Waals surface area contributed by atoms with Gasteiger partial charge in [0.2, 0.25) is 0 Å². The van der Waals surface area contributed by atoms with Gasteiger partial charge in [0.1, 0.15) is 11.6 Å². The largest absolute Gasteiger partial charge is 0.207 e. The first-order chi connectivity index (χ1) is 7.98. The number of benzene rings is 1. The van der Waals surface area contributed by atoms with E-state index >= 15 is 0 Å². The Balaban J connectivity index is 3.22. The highest BCUT2D eigenvalue weighted by Crippen LogP contribution is 2.33. The second-order valence-electron chi connectivity index (χ2n) is 4.94. The molecule has 0 aromatic heterocycles. The van der Waals surface area contributed by atoms with Gasteiger partial charge in [0.05, 0.1) is 0 Å². The van der Waals surface area contributed by atoms with Gasteiger partial charge in [-0.25, -0.2) is 8.78 Å². The summed E-state index contributed by atoms with van der Waals surface area (Å²) in [5.41, 5.74) is 0.870. The van der Waals surface area contributed by atoms with E-state index < -0.39 is 11.6 Å². The Morgan fingerprint density at radius 1 is 1.00 bits per heavy atom. The highest BCUT2D eigenvalue weighted by molar-refractivity contribution is 5.31. The molecule has 0 bridgehead atoms. The molecule has 0 fully saturated rings. The smallest absolute Gasteiger partial charge is 0.129 e. The van der Waals surface area contributed by atoms with Gasteiger partial charge in [0.25, 0.3) is 0 Å². The molecule has 0 amide bonds. The van der Waals surface area contributed by atoms with Crippen LogP contribution in [0.4, 0.5) is 8.78 Å². The summed E-state index contributed by atoms with van der Waals surface area (Å²) >= 11 is 0. The van der Waals surface area contributed by atoms with Crippen LogP contribution in [0.15, 0.2) is 12.1 Å². The lowest BCUT2D eigenvalue weighted by Gasteiger charge is -2.28. The summed E-state index contributed by atoms with van der Waals surface area (Å²) in [6.45, 7) is 8.09. The fourth-order valence-electron chi connectivity index (χ4n) is 2.10. The van der Waals surface area contributed by atoms with E-state index in [2.05, 4.69) is 20.8 Å². The van der Waals surface area contributed by atoms with Gasteiger partial charge in [-0.2, -0.15) is 0 Å². The van der Waals surface area contributed by atoms with Gasteiger partial charge < -0.3 is 0 Å². The molecule has 0 saturated heterocycles. The second-order valence-corrected chi connectivity index (χ2v) is 4.94. The topological polar surface area (TPSA) is 0 Å². The van der Waals surface area contributed by atoms with Crippen molar-refractivity contribution < 1.29 is 8.78 Å². The highest BCUT2D eigenvalue weighted by atomic mass is 19.1. The normalized spacial score (nSPS) is 11.9. The summed E-state index contributed by atoms with van der Waals surface area (Å²) in [7, 11) is 0. The van der Waals surface area contributed by atoms with Gasteiger partial charge in [-0.05, 0) is 42.4 Å². The molecule has 0 aliphatic rings. The number of hydrogen-bond donors (Lipinski definition) is 0. The van der Waals surface area contributed by atoms with Crippen molar-refractivity contribution in [3.63, 3.8) is 0 Å². The summed E-state index contributed by atoms with van der Waals surface area (Å²) < 4.78 is 27.7. The Hall–Kier alpha value is -0.920. The van der Waals surface area contributed by atoms with Gasteiger partial charge in [0.15, 0.2) is 0 Å². The van der Waals surface area contributed by atoms with Crippen molar-refractivity contribution in [3.8, 4) is 0 Å². The molecule has 0 radical (unpaired) electrons. The van der Waals surface area contributed by atoms with Crippen LogP contribution in [0, 0.1) is 11.6 Å². The predicted octanol–water partition coefficient (Wildman–Crippen LogP) is 5.00. The van der Waals surface area contributed by atoms with Gasteiger partial charge in [-0.15, -0.1) is 0 Å². The number of hydrogen-bond acceptors (Lipinski definition) is 0. The predicted molar refractivity (Wildman–Crippen MR) is 68.3 cm³/mol. The second kappa shape index (κ2) is 5.61. The van der Waals surface area contributed by atoms with Gasteiger partial charge in [-0.1, -0.05) is 34.1 Å². The zero-order chi connectivity index (χ0) is 13.1. The fourth-order valence-corrected chi connectivity index (χ4v) is 2.10.